The Hall–Kier alpha value is -2.14. The summed E-state index contributed by atoms with van der Waals surface area (Å²) in [5.74, 6) is 0.804. The van der Waals surface area contributed by atoms with Crippen LogP contribution in [0.4, 0.5) is 0 Å². The summed E-state index contributed by atoms with van der Waals surface area (Å²) in [5, 5.41) is 9.42. The molecule has 0 aliphatic heterocycles. The van der Waals surface area contributed by atoms with Crippen LogP contribution >= 0.6 is 11.8 Å². The first-order valence-corrected chi connectivity index (χ1v) is 7.53. The Balaban J connectivity index is 2.02. The van der Waals surface area contributed by atoms with Gasteiger partial charge in [0.1, 0.15) is 5.69 Å². The van der Waals surface area contributed by atoms with E-state index in [1.165, 1.54) is 5.56 Å². The molecule has 2 aromatic heterocycles. The van der Waals surface area contributed by atoms with E-state index in [1.807, 2.05) is 42.7 Å². The van der Waals surface area contributed by atoms with Gasteiger partial charge in [0.15, 0.2) is 11.0 Å². The van der Waals surface area contributed by atoms with Crippen molar-refractivity contribution in [1.29, 1.82) is 0 Å². The first-order chi connectivity index (χ1) is 9.88. The summed E-state index contributed by atoms with van der Waals surface area (Å²) in [4.78, 5) is 4.37. The van der Waals surface area contributed by atoms with E-state index in [9.17, 15) is 0 Å². The van der Waals surface area contributed by atoms with Gasteiger partial charge in [-0.1, -0.05) is 48.2 Å². The average Bonchev–Trinajstić information content (AvgIpc) is 2.92. The first kappa shape index (κ1) is 12.9. The lowest BCUT2D eigenvalue weighted by Crippen LogP contribution is -2.04. The van der Waals surface area contributed by atoms with Crippen molar-refractivity contribution in [1.82, 2.24) is 19.7 Å². The summed E-state index contributed by atoms with van der Waals surface area (Å²) < 4.78 is 2.10. The van der Waals surface area contributed by atoms with Gasteiger partial charge in [0, 0.05) is 6.20 Å². The predicted octanol–water partition coefficient (Wildman–Crippen LogP) is 3.11. The second kappa shape index (κ2) is 5.88. The maximum atomic E-state index is 4.37. The van der Waals surface area contributed by atoms with Gasteiger partial charge >= 0.3 is 0 Å². The van der Waals surface area contributed by atoms with Crippen molar-refractivity contribution in [3.05, 3.63) is 60.3 Å². The largest absolute Gasteiger partial charge is 0.296 e. The highest BCUT2D eigenvalue weighted by molar-refractivity contribution is 7.98. The van der Waals surface area contributed by atoms with Crippen LogP contribution in [0.15, 0.2) is 59.9 Å². The van der Waals surface area contributed by atoms with Crippen LogP contribution in [-0.2, 0) is 6.54 Å². The molecule has 0 radical (unpaired) electrons. The van der Waals surface area contributed by atoms with Gasteiger partial charge in [-0.3, -0.25) is 9.55 Å². The van der Waals surface area contributed by atoms with E-state index in [1.54, 1.807) is 18.0 Å². The van der Waals surface area contributed by atoms with E-state index in [-0.39, 0.29) is 0 Å². The van der Waals surface area contributed by atoms with Crippen LogP contribution in [0, 0.1) is 0 Å². The first-order valence-electron chi connectivity index (χ1n) is 6.31. The summed E-state index contributed by atoms with van der Waals surface area (Å²) >= 11 is 1.59. The van der Waals surface area contributed by atoms with Crippen LogP contribution in [0.3, 0.4) is 0 Å². The number of benzene rings is 1. The Kier molecular flexibility index (Phi) is 3.78. The van der Waals surface area contributed by atoms with Gasteiger partial charge in [0.2, 0.25) is 0 Å². The number of aromatic nitrogens is 4. The van der Waals surface area contributed by atoms with E-state index in [4.69, 9.17) is 0 Å². The molecule has 2 heterocycles. The summed E-state index contributed by atoms with van der Waals surface area (Å²) in [6, 6.07) is 16.1. The SMILES string of the molecule is CSc1nnc(-c2ccccn2)n1Cc1ccccc1. The second-order valence-electron chi connectivity index (χ2n) is 4.30. The lowest BCUT2D eigenvalue weighted by atomic mass is 10.2. The van der Waals surface area contributed by atoms with Gasteiger partial charge in [-0.25, -0.2) is 0 Å². The van der Waals surface area contributed by atoms with Crippen LogP contribution in [0.1, 0.15) is 5.56 Å². The molecule has 0 spiro atoms. The summed E-state index contributed by atoms with van der Waals surface area (Å²) in [5.41, 5.74) is 2.07. The van der Waals surface area contributed by atoms with Crippen molar-refractivity contribution in [2.24, 2.45) is 0 Å². The molecule has 100 valence electrons. The highest BCUT2D eigenvalue weighted by Gasteiger charge is 2.14. The van der Waals surface area contributed by atoms with E-state index in [2.05, 4.69) is 31.9 Å². The topological polar surface area (TPSA) is 43.6 Å². The second-order valence-corrected chi connectivity index (χ2v) is 5.07. The Bertz CT molecular complexity index is 680. The fourth-order valence-corrected chi connectivity index (χ4v) is 2.53. The third-order valence-corrected chi connectivity index (χ3v) is 3.64. The molecule has 0 N–H and O–H groups in total. The number of thioether (sulfide) groups is 1. The molecule has 3 rings (SSSR count). The average molecular weight is 282 g/mol. The summed E-state index contributed by atoms with van der Waals surface area (Å²) in [7, 11) is 0. The molecule has 0 aliphatic rings. The van der Waals surface area contributed by atoms with Crippen molar-refractivity contribution in [3.8, 4) is 11.5 Å². The van der Waals surface area contributed by atoms with E-state index >= 15 is 0 Å². The zero-order valence-electron chi connectivity index (χ0n) is 11.1. The maximum Gasteiger partial charge on any atom is 0.191 e. The molecule has 0 unspecified atom stereocenters. The Morgan fingerprint density at radius 2 is 1.80 bits per heavy atom. The standard InChI is InChI=1S/C15H14N4S/c1-20-15-18-17-14(13-9-5-6-10-16-13)19(15)11-12-7-3-2-4-8-12/h2-10H,11H2,1H3. The minimum atomic E-state index is 0.746. The van der Waals surface area contributed by atoms with Crippen LogP contribution in [-0.4, -0.2) is 26.0 Å². The Morgan fingerprint density at radius 1 is 1.00 bits per heavy atom. The predicted molar refractivity (Wildman–Crippen MR) is 80.6 cm³/mol. The zero-order valence-corrected chi connectivity index (χ0v) is 11.9. The smallest absolute Gasteiger partial charge is 0.191 e. The van der Waals surface area contributed by atoms with Gasteiger partial charge in [0.05, 0.1) is 6.54 Å². The fourth-order valence-electron chi connectivity index (χ4n) is 2.03. The van der Waals surface area contributed by atoms with Crippen LogP contribution in [0.2, 0.25) is 0 Å². The third-order valence-electron chi connectivity index (χ3n) is 2.98. The normalized spacial score (nSPS) is 10.7. The molecule has 0 atom stereocenters. The number of nitrogens with zero attached hydrogens (tertiary/aromatic N) is 4. The molecule has 5 heteroatoms. The molecule has 0 saturated heterocycles. The number of hydrogen-bond acceptors (Lipinski definition) is 4. The molecule has 1 aromatic carbocycles. The molecule has 20 heavy (non-hydrogen) atoms. The highest BCUT2D eigenvalue weighted by Crippen LogP contribution is 2.22. The fraction of sp³-hybridized carbons (Fsp3) is 0.133. The molecule has 0 amide bonds. The number of hydrogen-bond donors (Lipinski definition) is 0. The van der Waals surface area contributed by atoms with Crippen LogP contribution in [0.25, 0.3) is 11.5 Å². The Morgan fingerprint density at radius 3 is 2.50 bits per heavy atom. The van der Waals surface area contributed by atoms with Crippen molar-refractivity contribution in [2.75, 3.05) is 6.26 Å². The summed E-state index contributed by atoms with van der Waals surface area (Å²) in [6.45, 7) is 0.746. The van der Waals surface area contributed by atoms with Gasteiger partial charge in [-0.05, 0) is 24.0 Å². The van der Waals surface area contributed by atoms with Crippen molar-refractivity contribution >= 4 is 11.8 Å². The van der Waals surface area contributed by atoms with Gasteiger partial charge in [-0.15, -0.1) is 10.2 Å². The lowest BCUT2D eigenvalue weighted by Gasteiger charge is -2.08. The monoisotopic (exact) mass is 282 g/mol. The molecular formula is C15H14N4S. The van der Waals surface area contributed by atoms with Crippen LogP contribution < -0.4 is 0 Å². The molecule has 0 fully saturated rings. The molecule has 4 nitrogen and oxygen atoms in total. The van der Waals surface area contributed by atoms with E-state index < -0.39 is 0 Å². The van der Waals surface area contributed by atoms with E-state index in [0.717, 1.165) is 23.2 Å². The molecule has 0 aliphatic carbocycles. The summed E-state index contributed by atoms with van der Waals surface area (Å²) in [6.07, 6.45) is 3.78. The molecule has 0 saturated carbocycles. The minimum absolute atomic E-state index is 0.746. The van der Waals surface area contributed by atoms with Crippen molar-refractivity contribution in [2.45, 2.75) is 11.7 Å². The highest BCUT2D eigenvalue weighted by atomic mass is 32.2. The third kappa shape index (κ3) is 2.58. The van der Waals surface area contributed by atoms with Crippen molar-refractivity contribution in [3.63, 3.8) is 0 Å². The minimum Gasteiger partial charge on any atom is -0.296 e. The van der Waals surface area contributed by atoms with Gasteiger partial charge in [-0.2, -0.15) is 0 Å². The zero-order chi connectivity index (χ0) is 13.8. The van der Waals surface area contributed by atoms with Crippen LogP contribution in [0.5, 0.6) is 0 Å². The molecular weight excluding hydrogens is 268 g/mol. The molecule has 0 bridgehead atoms. The number of rotatable bonds is 4. The van der Waals surface area contributed by atoms with Gasteiger partial charge < -0.3 is 0 Å². The number of pyridine rings is 1. The lowest BCUT2D eigenvalue weighted by molar-refractivity contribution is 0.714. The van der Waals surface area contributed by atoms with Gasteiger partial charge in [0.25, 0.3) is 0 Å². The quantitative estimate of drug-likeness (QED) is 0.690. The Labute approximate surface area is 121 Å². The van der Waals surface area contributed by atoms with Crippen molar-refractivity contribution < 1.29 is 0 Å². The maximum absolute atomic E-state index is 4.37. The molecule has 3 aromatic rings. The van der Waals surface area contributed by atoms with E-state index in [0.29, 0.717) is 0 Å².